The topological polar surface area (TPSA) is 78.4 Å². The van der Waals surface area contributed by atoms with Crippen LogP contribution in [0.3, 0.4) is 0 Å². The molecule has 2 aromatic carbocycles. The number of hydrazine groups is 1. The van der Waals surface area contributed by atoms with Crippen LogP contribution in [0.5, 0.6) is 0 Å². The SMILES string of the molecule is CCCCCCCCCCCCCCCCC(Cl)Cc1ccccc1N(c1cc(=O)n(-c2c(Cl)cc(Cl)cc2Cl)[nH]1)N1C(=O)CCC1=O. The fourth-order valence-corrected chi connectivity index (χ4v) is 7.64. The first-order chi connectivity index (χ1) is 23.2. The molecule has 48 heavy (non-hydrogen) atoms. The Hall–Kier alpha value is -2.45. The molecule has 3 aromatic rings. The molecule has 11 heteroatoms. The minimum Gasteiger partial charge on any atom is -0.274 e. The van der Waals surface area contributed by atoms with E-state index in [1.165, 1.54) is 105 Å². The van der Waals surface area contributed by atoms with Gasteiger partial charge in [-0.3, -0.25) is 19.5 Å². The number of rotatable bonds is 21. The fourth-order valence-electron chi connectivity index (χ4n) is 6.33. The molecule has 2 amide bonds. The minimum atomic E-state index is -0.481. The molecule has 1 fully saturated rings. The number of unbranched alkanes of at least 4 members (excludes halogenated alkanes) is 13. The van der Waals surface area contributed by atoms with E-state index in [9.17, 15) is 14.4 Å². The van der Waals surface area contributed by atoms with E-state index in [0.717, 1.165) is 29.8 Å². The van der Waals surface area contributed by atoms with Crippen molar-refractivity contribution in [2.24, 2.45) is 0 Å². The summed E-state index contributed by atoms with van der Waals surface area (Å²) in [5.41, 5.74) is 1.16. The van der Waals surface area contributed by atoms with E-state index in [1.54, 1.807) is 0 Å². The smallest absolute Gasteiger partial charge is 0.273 e. The Balaban J connectivity index is 1.37. The summed E-state index contributed by atoms with van der Waals surface area (Å²) in [7, 11) is 0. The highest BCUT2D eigenvalue weighted by atomic mass is 35.5. The van der Waals surface area contributed by atoms with Crippen LogP contribution in [-0.2, 0) is 16.0 Å². The molecule has 1 aromatic heterocycles. The number of aromatic amines is 1. The Bertz CT molecular complexity index is 1520. The Morgan fingerprint density at radius 1 is 0.750 bits per heavy atom. The van der Waals surface area contributed by atoms with Crippen LogP contribution >= 0.6 is 46.4 Å². The van der Waals surface area contributed by atoms with Crippen LogP contribution in [0.1, 0.15) is 122 Å². The summed E-state index contributed by atoms with van der Waals surface area (Å²) < 4.78 is 1.18. The summed E-state index contributed by atoms with van der Waals surface area (Å²) in [5, 5.41) is 6.10. The number of benzene rings is 2. The molecule has 7 nitrogen and oxygen atoms in total. The van der Waals surface area contributed by atoms with E-state index in [2.05, 4.69) is 12.0 Å². The zero-order chi connectivity index (χ0) is 34.5. The number of carbonyl (C=O) groups is 2. The molecule has 1 unspecified atom stereocenters. The third-order valence-electron chi connectivity index (χ3n) is 8.90. The van der Waals surface area contributed by atoms with Crippen molar-refractivity contribution in [3.63, 3.8) is 0 Å². The molecule has 1 aliphatic heterocycles. The molecular weight excluding hydrogens is 690 g/mol. The van der Waals surface area contributed by atoms with Gasteiger partial charge in [-0.15, -0.1) is 11.6 Å². The number of para-hydroxylation sites is 1. The molecule has 2 heterocycles. The zero-order valence-corrected chi connectivity index (χ0v) is 30.9. The summed E-state index contributed by atoms with van der Waals surface area (Å²) in [6.07, 6.45) is 19.8. The number of imide groups is 1. The van der Waals surface area contributed by atoms with E-state index in [-0.39, 0.29) is 51.6 Å². The highest BCUT2D eigenvalue weighted by molar-refractivity contribution is 6.40. The summed E-state index contributed by atoms with van der Waals surface area (Å²) >= 11 is 25.8. The number of nitrogens with one attached hydrogen (secondary N) is 1. The fraction of sp³-hybridized carbons (Fsp3) is 0.541. The van der Waals surface area contributed by atoms with Crippen molar-refractivity contribution in [3.8, 4) is 5.69 Å². The standard InChI is InChI=1S/C37H48Cl4N4O3/c1-2-3-4-5-6-7-8-9-10-11-12-13-14-15-19-28(38)23-27-18-16-17-20-32(27)44(45-34(46)21-22-35(45)47)33-26-36(48)43(42-33)37-30(40)24-29(39)25-31(37)41/h16-18,20,24-26,28,42H,2-15,19,21-23H2,1H3. The van der Waals surface area contributed by atoms with Crippen LogP contribution in [0.4, 0.5) is 11.5 Å². The van der Waals surface area contributed by atoms with Gasteiger partial charge in [0, 0.05) is 29.3 Å². The lowest BCUT2D eigenvalue weighted by Gasteiger charge is -2.32. The van der Waals surface area contributed by atoms with E-state index < -0.39 is 5.56 Å². The Kier molecular flexibility index (Phi) is 15.7. The summed E-state index contributed by atoms with van der Waals surface area (Å²) in [6.45, 7) is 2.26. The molecule has 0 aliphatic carbocycles. The van der Waals surface area contributed by atoms with Crippen LogP contribution < -0.4 is 10.6 Å². The van der Waals surface area contributed by atoms with Crippen molar-refractivity contribution in [3.05, 3.63) is 73.4 Å². The average molecular weight is 739 g/mol. The maximum absolute atomic E-state index is 13.3. The quantitative estimate of drug-likeness (QED) is 0.0670. The van der Waals surface area contributed by atoms with Crippen molar-refractivity contribution in [1.82, 2.24) is 14.8 Å². The lowest BCUT2D eigenvalue weighted by molar-refractivity contribution is -0.138. The molecule has 4 rings (SSSR count). The van der Waals surface area contributed by atoms with Crippen LogP contribution in [0, 0.1) is 0 Å². The second kappa shape index (κ2) is 19.7. The zero-order valence-electron chi connectivity index (χ0n) is 27.9. The van der Waals surface area contributed by atoms with Gasteiger partial charge in [0.25, 0.3) is 5.56 Å². The third-order valence-corrected chi connectivity index (χ3v) is 10.1. The Morgan fingerprint density at radius 3 is 1.83 bits per heavy atom. The number of amides is 2. The molecule has 0 spiro atoms. The van der Waals surface area contributed by atoms with Gasteiger partial charge in [-0.05, 0) is 36.6 Å². The van der Waals surface area contributed by atoms with Gasteiger partial charge in [-0.2, -0.15) is 5.01 Å². The Morgan fingerprint density at radius 2 is 1.27 bits per heavy atom. The number of hydrogen-bond acceptors (Lipinski definition) is 4. The lowest BCUT2D eigenvalue weighted by Crippen LogP contribution is -2.44. The van der Waals surface area contributed by atoms with Crippen LogP contribution in [-0.4, -0.2) is 32.0 Å². The highest BCUT2D eigenvalue weighted by Crippen LogP contribution is 2.35. The van der Waals surface area contributed by atoms with Gasteiger partial charge in [-0.1, -0.05) is 150 Å². The number of carbonyl (C=O) groups excluding carboxylic acids is 2. The van der Waals surface area contributed by atoms with E-state index in [4.69, 9.17) is 46.4 Å². The second-order valence-electron chi connectivity index (χ2n) is 12.8. The molecule has 262 valence electrons. The van der Waals surface area contributed by atoms with E-state index >= 15 is 0 Å². The number of anilines is 2. The monoisotopic (exact) mass is 736 g/mol. The Labute approximate surface area is 304 Å². The summed E-state index contributed by atoms with van der Waals surface area (Å²) in [6, 6.07) is 11.8. The normalized spacial score (nSPS) is 13.9. The molecule has 1 atom stereocenters. The summed E-state index contributed by atoms with van der Waals surface area (Å²) in [5.74, 6) is -0.525. The van der Waals surface area contributed by atoms with Crippen molar-refractivity contribution in [1.29, 1.82) is 0 Å². The van der Waals surface area contributed by atoms with Crippen molar-refractivity contribution in [2.45, 2.75) is 128 Å². The largest absolute Gasteiger partial charge is 0.274 e. The van der Waals surface area contributed by atoms with E-state index in [1.807, 2.05) is 24.3 Å². The summed E-state index contributed by atoms with van der Waals surface area (Å²) in [4.78, 5) is 39.4. The maximum atomic E-state index is 13.3. The molecule has 0 saturated carbocycles. The molecule has 1 N–H and O–H groups in total. The first-order valence-electron chi connectivity index (χ1n) is 17.6. The number of hydrogen-bond donors (Lipinski definition) is 1. The maximum Gasteiger partial charge on any atom is 0.273 e. The number of nitrogens with zero attached hydrogens (tertiary/aromatic N) is 3. The van der Waals surface area contributed by atoms with Crippen molar-refractivity contribution in [2.75, 3.05) is 5.01 Å². The van der Waals surface area contributed by atoms with Gasteiger partial charge in [0.05, 0.1) is 15.7 Å². The minimum absolute atomic E-state index is 0.0779. The third kappa shape index (κ3) is 10.8. The van der Waals surface area contributed by atoms with Crippen molar-refractivity contribution < 1.29 is 9.59 Å². The van der Waals surface area contributed by atoms with Gasteiger partial charge < -0.3 is 0 Å². The molecule has 1 saturated heterocycles. The van der Waals surface area contributed by atoms with Gasteiger partial charge in [-0.25, -0.2) is 9.69 Å². The first-order valence-corrected chi connectivity index (χ1v) is 19.1. The van der Waals surface area contributed by atoms with Crippen molar-refractivity contribution >= 4 is 69.7 Å². The molecule has 1 aliphatic rings. The lowest BCUT2D eigenvalue weighted by atomic mass is 10.0. The van der Waals surface area contributed by atoms with Crippen LogP contribution in [0.2, 0.25) is 15.1 Å². The van der Waals surface area contributed by atoms with Gasteiger partial charge in [0.15, 0.2) is 5.82 Å². The number of alkyl halides is 1. The van der Waals surface area contributed by atoms with Gasteiger partial charge >= 0.3 is 0 Å². The van der Waals surface area contributed by atoms with Gasteiger partial charge in [0.2, 0.25) is 11.8 Å². The predicted molar refractivity (Wildman–Crippen MR) is 199 cm³/mol. The number of H-pyrrole nitrogens is 1. The molecular formula is C37H48Cl4N4O3. The predicted octanol–water partition coefficient (Wildman–Crippen LogP) is 11.3. The van der Waals surface area contributed by atoms with Gasteiger partial charge in [0.1, 0.15) is 5.69 Å². The highest BCUT2D eigenvalue weighted by Gasteiger charge is 2.37. The van der Waals surface area contributed by atoms with E-state index in [0.29, 0.717) is 17.1 Å². The molecule has 0 bridgehead atoms. The average Bonchev–Trinajstić information content (AvgIpc) is 3.58. The number of aromatic nitrogens is 2. The van der Waals surface area contributed by atoms with Crippen LogP contribution in [0.15, 0.2) is 47.3 Å². The molecule has 0 radical (unpaired) electrons. The second-order valence-corrected chi connectivity index (χ2v) is 14.6. The first kappa shape index (κ1) is 38.4. The van der Waals surface area contributed by atoms with Crippen LogP contribution in [0.25, 0.3) is 5.69 Å². The number of halogens is 4.